The largest absolute Gasteiger partial charge is 0.480 e. The molecule has 0 bridgehead atoms. The number of nitrogens with zero attached hydrogens (tertiary/aromatic N) is 1. The molecule has 0 aromatic carbocycles. The molecule has 2 fully saturated rings. The third kappa shape index (κ3) is 1.32. The lowest BCUT2D eigenvalue weighted by atomic mass is 9.89. The Hall–Kier alpha value is -0.610. The van der Waals surface area contributed by atoms with Gasteiger partial charge in [-0.25, -0.2) is 0 Å². The van der Waals surface area contributed by atoms with Gasteiger partial charge in [0.15, 0.2) is 0 Å². The van der Waals surface area contributed by atoms with Crippen LogP contribution in [0.5, 0.6) is 0 Å². The molecule has 0 spiro atoms. The van der Waals surface area contributed by atoms with E-state index < -0.39 is 5.97 Å². The van der Waals surface area contributed by atoms with Crippen LogP contribution in [0.25, 0.3) is 0 Å². The van der Waals surface area contributed by atoms with Gasteiger partial charge in [0.1, 0.15) is 6.04 Å². The summed E-state index contributed by atoms with van der Waals surface area (Å²) in [6.07, 6.45) is 0. The van der Waals surface area contributed by atoms with Crippen LogP contribution in [0.2, 0.25) is 0 Å². The Kier molecular flexibility index (Phi) is 1.63. The van der Waals surface area contributed by atoms with Gasteiger partial charge in [-0.1, -0.05) is 6.92 Å². The average molecular weight is 171 g/mol. The predicted octanol–water partition coefficient (Wildman–Crippen LogP) is -0.208. The highest BCUT2D eigenvalue weighted by Gasteiger charge is 2.46. The molecule has 4 heteroatoms. The van der Waals surface area contributed by atoms with Gasteiger partial charge in [0.05, 0.1) is 13.2 Å². The smallest absolute Gasteiger partial charge is 0.322 e. The maximum absolute atomic E-state index is 10.5. The topological polar surface area (TPSA) is 49.5 Å². The van der Waals surface area contributed by atoms with E-state index in [9.17, 15) is 4.79 Å². The van der Waals surface area contributed by atoms with Crippen LogP contribution < -0.4 is 0 Å². The molecule has 2 atom stereocenters. The zero-order valence-electron chi connectivity index (χ0n) is 7.12. The number of aliphatic carboxylic acids is 1. The summed E-state index contributed by atoms with van der Waals surface area (Å²) in [5.41, 5.74) is 0.213. The summed E-state index contributed by atoms with van der Waals surface area (Å²) >= 11 is 0. The highest BCUT2D eigenvalue weighted by molar-refractivity contribution is 5.76. The first-order valence-electron chi connectivity index (χ1n) is 4.15. The minimum Gasteiger partial charge on any atom is -0.480 e. The van der Waals surface area contributed by atoms with Crippen molar-refractivity contribution < 1.29 is 14.6 Å². The van der Waals surface area contributed by atoms with Gasteiger partial charge in [0.25, 0.3) is 0 Å². The molecule has 0 aromatic rings. The number of hydrogen-bond acceptors (Lipinski definition) is 3. The van der Waals surface area contributed by atoms with Crippen molar-refractivity contribution in [1.29, 1.82) is 0 Å². The van der Waals surface area contributed by atoms with Crippen LogP contribution in [0.4, 0.5) is 0 Å². The van der Waals surface area contributed by atoms with E-state index in [4.69, 9.17) is 9.84 Å². The lowest BCUT2D eigenvalue weighted by molar-refractivity contribution is -0.138. The maximum Gasteiger partial charge on any atom is 0.322 e. The van der Waals surface area contributed by atoms with E-state index in [0.717, 1.165) is 19.8 Å². The summed E-state index contributed by atoms with van der Waals surface area (Å²) in [5.74, 6) is -0.696. The van der Waals surface area contributed by atoms with Crippen molar-refractivity contribution in [2.24, 2.45) is 5.41 Å². The molecule has 2 unspecified atom stereocenters. The van der Waals surface area contributed by atoms with Crippen LogP contribution in [0, 0.1) is 5.41 Å². The Morgan fingerprint density at radius 1 is 1.75 bits per heavy atom. The number of carboxylic acids is 1. The number of hydrogen-bond donors (Lipinski definition) is 1. The lowest BCUT2D eigenvalue weighted by Gasteiger charge is -2.38. The van der Waals surface area contributed by atoms with Gasteiger partial charge in [0, 0.05) is 18.5 Å². The summed E-state index contributed by atoms with van der Waals surface area (Å²) in [4.78, 5) is 12.5. The molecule has 2 aliphatic rings. The first kappa shape index (κ1) is 8.01. The van der Waals surface area contributed by atoms with E-state index in [1.807, 2.05) is 4.90 Å². The summed E-state index contributed by atoms with van der Waals surface area (Å²) in [5, 5.41) is 8.64. The van der Waals surface area contributed by atoms with E-state index in [-0.39, 0.29) is 11.5 Å². The van der Waals surface area contributed by atoms with Crippen molar-refractivity contribution in [2.75, 3.05) is 26.3 Å². The number of rotatable bonds is 3. The van der Waals surface area contributed by atoms with E-state index in [1.54, 1.807) is 0 Å². The molecular formula is C8H13NO3. The van der Waals surface area contributed by atoms with Crippen LogP contribution in [-0.4, -0.2) is 48.3 Å². The standard InChI is InChI=1S/C8H13NO3/c1-8(4-12-5-8)3-9-2-6(9)7(10)11/h6H,2-5H2,1H3,(H,10,11). The molecule has 0 aliphatic carbocycles. The molecule has 4 nitrogen and oxygen atoms in total. The fourth-order valence-electron chi connectivity index (χ4n) is 1.62. The Bertz CT molecular complexity index is 212. The summed E-state index contributed by atoms with van der Waals surface area (Å²) in [6, 6.07) is -0.220. The second kappa shape index (κ2) is 2.44. The van der Waals surface area contributed by atoms with Crippen molar-refractivity contribution in [3.05, 3.63) is 0 Å². The van der Waals surface area contributed by atoms with Crippen LogP contribution >= 0.6 is 0 Å². The van der Waals surface area contributed by atoms with Crippen molar-refractivity contribution in [3.8, 4) is 0 Å². The molecule has 0 amide bonds. The first-order chi connectivity index (χ1) is 5.61. The summed E-state index contributed by atoms with van der Waals surface area (Å²) < 4.78 is 5.09. The molecule has 0 radical (unpaired) electrons. The molecule has 2 rings (SSSR count). The monoisotopic (exact) mass is 171 g/mol. The third-order valence-corrected chi connectivity index (χ3v) is 2.49. The first-order valence-corrected chi connectivity index (χ1v) is 4.15. The van der Waals surface area contributed by atoms with E-state index in [2.05, 4.69) is 6.92 Å². The minimum absolute atomic E-state index is 0.213. The molecule has 2 saturated heterocycles. The molecule has 68 valence electrons. The third-order valence-electron chi connectivity index (χ3n) is 2.49. The van der Waals surface area contributed by atoms with E-state index in [1.165, 1.54) is 0 Å². The van der Waals surface area contributed by atoms with E-state index in [0.29, 0.717) is 6.54 Å². The van der Waals surface area contributed by atoms with Crippen molar-refractivity contribution >= 4 is 5.97 Å². The van der Waals surface area contributed by atoms with E-state index >= 15 is 0 Å². The number of carboxylic acid groups (broad SMARTS) is 1. The van der Waals surface area contributed by atoms with Crippen LogP contribution in [0.15, 0.2) is 0 Å². The predicted molar refractivity (Wildman–Crippen MR) is 41.9 cm³/mol. The Labute approximate surface area is 71.1 Å². The van der Waals surface area contributed by atoms with Gasteiger partial charge < -0.3 is 9.84 Å². The quantitative estimate of drug-likeness (QED) is 0.597. The molecule has 1 N–H and O–H groups in total. The van der Waals surface area contributed by atoms with Crippen LogP contribution in [0.1, 0.15) is 6.92 Å². The zero-order valence-corrected chi connectivity index (χ0v) is 7.12. The number of ether oxygens (including phenoxy) is 1. The second-order valence-corrected chi connectivity index (χ2v) is 4.09. The maximum atomic E-state index is 10.5. The minimum atomic E-state index is -0.696. The van der Waals surface area contributed by atoms with Gasteiger partial charge in [-0.2, -0.15) is 0 Å². The fraction of sp³-hybridized carbons (Fsp3) is 0.875. The van der Waals surface area contributed by atoms with Crippen molar-refractivity contribution in [1.82, 2.24) is 4.90 Å². The van der Waals surface area contributed by atoms with Gasteiger partial charge in [0.2, 0.25) is 0 Å². The molecule has 2 aliphatic heterocycles. The lowest BCUT2D eigenvalue weighted by Crippen LogP contribution is -2.45. The number of carbonyl (C=O) groups is 1. The van der Waals surface area contributed by atoms with Gasteiger partial charge >= 0.3 is 5.97 Å². The fourth-order valence-corrected chi connectivity index (χ4v) is 1.62. The van der Waals surface area contributed by atoms with Gasteiger partial charge in [-0.05, 0) is 0 Å². The molecule has 0 aromatic heterocycles. The van der Waals surface area contributed by atoms with Crippen LogP contribution in [0.3, 0.4) is 0 Å². The van der Waals surface area contributed by atoms with Crippen molar-refractivity contribution in [3.63, 3.8) is 0 Å². The summed E-state index contributed by atoms with van der Waals surface area (Å²) in [7, 11) is 0. The Balaban J connectivity index is 1.79. The molecule has 2 heterocycles. The average Bonchev–Trinajstić information content (AvgIpc) is 2.64. The molecular weight excluding hydrogens is 158 g/mol. The highest BCUT2D eigenvalue weighted by Crippen LogP contribution is 2.32. The Morgan fingerprint density at radius 2 is 2.42 bits per heavy atom. The SMILES string of the molecule is CC1(CN2CC2C(=O)O)COC1. The summed E-state index contributed by atoms with van der Waals surface area (Å²) in [6.45, 7) is 5.26. The normalized spacial score (nSPS) is 37.1. The highest BCUT2D eigenvalue weighted by atomic mass is 16.5. The van der Waals surface area contributed by atoms with Gasteiger partial charge in [-0.3, -0.25) is 9.69 Å². The Morgan fingerprint density at radius 3 is 2.75 bits per heavy atom. The molecule has 12 heavy (non-hydrogen) atoms. The zero-order chi connectivity index (χ0) is 8.77. The molecule has 0 saturated carbocycles. The van der Waals surface area contributed by atoms with Gasteiger partial charge in [-0.15, -0.1) is 0 Å². The van der Waals surface area contributed by atoms with Crippen LogP contribution in [-0.2, 0) is 9.53 Å². The van der Waals surface area contributed by atoms with Crippen molar-refractivity contribution in [2.45, 2.75) is 13.0 Å². The second-order valence-electron chi connectivity index (χ2n) is 4.09.